The topological polar surface area (TPSA) is 65.9 Å². The number of aliphatic hydroxyl groups excluding tert-OH is 1. The number of aliphatic hydroxyl groups is 1. The number of amides is 1. The second kappa shape index (κ2) is 10.9. The average molecular weight is 496 g/mol. The Balaban J connectivity index is 1.12. The van der Waals surface area contributed by atoms with Gasteiger partial charge in [-0.05, 0) is 86.7 Å². The molecule has 0 radical (unpaired) electrons. The summed E-state index contributed by atoms with van der Waals surface area (Å²) in [5.41, 5.74) is 2.01. The molecule has 7 heteroatoms. The first-order valence-corrected chi connectivity index (χ1v) is 13.5. The predicted molar refractivity (Wildman–Crippen MR) is 137 cm³/mol. The summed E-state index contributed by atoms with van der Waals surface area (Å²) < 4.78 is 20.8. The zero-order valence-corrected chi connectivity index (χ0v) is 21.3. The van der Waals surface area contributed by atoms with Crippen LogP contribution in [0.5, 0.6) is 5.88 Å². The van der Waals surface area contributed by atoms with E-state index in [-0.39, 0.29) is 18.0 Å². The van der Waals surface area contributed by atoms with E-state index in [9.17, 15) is 14.3 Å². The van der Waals surface area contributed by atoms with Gasteiger partial charge >= 0.3 is 0 Å². The number of pyridine rings is 1. The van der Waals surface area contributed by atoms with Crippen LogP contribution in [-0.4, -0.2) is 71.2 Å². The number of carbonyl (C=O) groups is 1. The number of halogens is 1. The summed E-state index contributed by atoms with van der Waals surface area (Å²) in [7, 11) is 0. The number of β-amino-alcohol motifs (C(OH)–C–C–N with tert-alkyl or cyclic N) is 1. The molecule has 1 aromatic carbocycles. The standard InChI is InChI=1S/C29H38FN3O3/c1-29(11-3-12-29)20-32-14-9-21(10-15-32)19-36-27-8-6-23(17-31-27)22-5-7-25(26(30)16-22)28(35)33-13-2-4-24(34)18-33/h5-8,16-17,21,24,34H,2-4,9-15,18-20H2,1H3. The molecule has 1 aliphatic carbocycles. The lowest BCUT2D eigenvalue weighted by molar-refractivity contribution is 0.0470. The molecule has 3 fully saturated rings. The fraction of sp³-hybridized carbons (Fsp3) is 0.586. The van der Waals surface area contributed by atoms with Gasteiger partial charge in [0.15, 0.2) is 0 Å². The van der Waals surface area contributed by atoms with Crippen molar-refractivity contribution < 1.29 is 19.0 Å². The molecule has 3 heterocycles. The highest BCUT2D eigenvalue weighted by Crippen LogP contribution is 2.41. The van der Waals surface area contributed by atoms with Gasteiger partial charge in [0.2, 0.25) is 5.88 Å². The number of carbonyl (C=O) groups excluding carboxylic acids is 1. The van der Waals surface area contributed by atoms with Crippen molar-refractivity contribution in [1.82, 2.24) is 14.8 Å². The van der Waals surface area contributed by atoms with Gasteiger partial charge in [-0.15, -0.1) is 0 Å². The molecular formula is C29H38FN3O3. The fourth-order valence-corrected chi connectivity index (χ4v) is 5.81. The molecule has 1 amide bonds. The Morgan fingerprint density at radius 3 is 2.53 bits per heavy atom. The van der Waals surface area contributed by atoms with E-state index >= 15 is 0 Å². The molecule has 1 unspecified atom stereocenters. The predicted octanol–water partition coefficient (Wildman–Crippen LogP) is 4.77. The number of likely N-dealkylation sites (tertiary alicyclic amines) is 2. The first-order chi connectivity index (χ1) is 17.4. The van der Waals surface area contributed by atoms with Crippen LogP contribution in [0.3, 0.4) is 0 Å². The number of aromatic nitrogens is 1. The third kappa shape index (κ3) is 5.89. The largest absolute Gasteiger partial charge is 0.477 e. The summed E-state index contributed by atoms with van der Waals surface area (Å²) in [4.78, 5) is 21.3. The molecule has 2 aliphatic heterocycles. The first-order valence-electron chi connectivity index (χ1n) is 13.5. The van der Waals surface area contributed by atoms with Crippen molar-refractivity contribution in [2.24, 2.45) is 11.3 Å². The summed E-state index contributed by atoms with van der Waals surface area (Å²) >= 11 is 0. The highest BCUT2D eigenvalue weighted by molar-refractivity contribution is 5.95. The van der Waals surface area contributed by atoms with Gasteiger partial charge < -0.3 is 19.6 Å². The van der Waals surface area contributed by atoms with Crippen molar-refractivity contribution in [1.29, 1.82) is 0 Å². The van der Waals surface area contributed by atoms with Gasteiger partial charge in [-0.3, -0.25) is 4.79 Å². The zero-order chi connectivity index (χ0) is 25.1. The Morgan fingerprint density at radius 1 is 1.11 bits per heavy atom. The minimum atomic E-state index is -0.560. The van der Waals surface area contributed by atoms with Crippen LogP contribution in [0.4, 0.5) is 4.39 Å². The average Bonchev–Trinajstić information content (AvgIpc) is 2.87. The number of piperidine rings is 2. The zero-order valence-electron chi connectivity index (χ0n) is 21.3. The van der Waals surface area contributed by atoms with Gasteiger partial charge in [-0.1, -0.05) is 19.4 Å². The molecule has 6 nitrogen and oxygen atoms in total. The van der Waals surface area contributed by atoms with E-state index in [4.69, 9.17) is 4.74 Å². The van der Waals surface area contributed by atoms with Crippen LogP contribution < -0.4 is 4.74 Å². The summed E-state index contributed by atoms with van der Waals surface area (Å²) in [6, 6.07) is 8.35. The summed E-state index contributed by atoms with van der Waals surface area (Å²) in [6.07, 6.45) is 9.01. The molecule has 194 valence electrons. The SMILES string of the molecule is CC1(CN2CCC(COc3ccc(-c4ccc(C(=O)N5CCCC(O)C5)c(F)c4)cn3)CC2)CCC1. The number of benzene rings is 1. The van der Waals surface area contributed by atoms with Gasteiger partial charge in [-0.25, -0.2) is 9.37 Å². The maximum absolute atomic E-state index is 14.8. The Hall–Kier alpha value is -2.51. The molecule has 1 aromatic heterocycles. The van der Waals surface area contributed by atoms with Crippen molar-refractivity contribution in [3.63, 3.8) is 0 Å². The molecular weight excluding hydrogens is 457 g/mol. The Morgan fingerprint density at radius 2 is 1.89 bits per heavy atom. The van der Waals surface area contributed by atoms with Gasteiger partial charge in [0.1, 0.15) is 5.82 Å². The lowest BCUT2D eigenvalue weighted by Crippen LogP contribution is -2.44. The summed E-state index contributed by atoms with van der Waals surface area (Å²) in [5, 5.41) is 9.82. The van der Waals surface area contributed by atoms with Gasteiger partial charge in [-0.2, -0.15) is 0 Å². The monoisotopic (exact) mass is 495 g/mol. The minimum absolute atomic E-state index is 0.0357. The maximum atomic E-state index is 14.8. The lowest BCUT2D eigenvalue weighted by atomic mass is 9.70. The van der Waals surface area contributed by atoms with E-state index in [0.717, 1.165) is 37.9 Å². The molecule has 0 spiro atoms. The smallest absolute Gasteiger partial charge is 0.256 e. The second-order valence-corrected chi connectivity index (χ2v) is 11.3. The molecule has 5 rings (SSSR count). The number of hydrogen-bond donors (Lipinski definition) is 1. The number of rotatable bonds is 7. The Kier molecular flexibility index (Phi) is 7.58. The fourth-order valence-electron chi connectivity index (χ4n) is 5.81. The van der Waals surface area contributed by atoms with E-state index < -0.39 is 11.9 Å². The Labute approximate surface area is 213 Å². The summed E-state index contributed by atoms with van der Waals surface area (Å²) in [5.74, 6) is 0.203. The van der Waals surface area contributed by atoms with Gasteiger partial charge in [0.05, 0.1) is 18.3 Å². The van der Waals surface area contributed by atoms with Crippen molar-refractivity contribution >= 4 is 5.91 Å². The first kappa shape index (κ1) is 25.2. The number of ether oxygens (including phenoxy) is 1. The molecule has 3 aliphatic rings. The van der Waals surface area contributed by atoms with Crippen molar-refractivity contribution in [3.8, 4) is 17.0 Å². The normalized spacial score (nSPS) is 22.8. The van der Waals surface area contributed by atoms with Crippen LogP contribution in [0.1, 0.15) is 62.2 Å². The lowest BCUT2D eigenvalue weighted by Gasteiger charge is -2.44. The van der Waals surface area contributed by atoms with Crippen molar-refractivity contribution in [3.05, 3.63) is 47.9 Å². The van der Waals surface area contributed by atoms with Crippen LogP contribution >= 0.6 is 0 Å². The van der Waals surface area contributed by atoms with Crippen LogP contribution in [0.25, 0.3) is 11.1 Å². The third-order valence-corrected chi connectivity index (χ3v) is 8.29. The third-order valence-electron chi connectivity index (χ3n) is 8.29. The maximum Gasteiger partial charge on any atom is 0.256 e. The van der Waals surface area contributed by atoms with Crippen molar-refractivity contribution in [2.45, 2.75) is 58.0 Å². The molecule has 36 heavy (non-hydrogen) atoms. The highest BCUT2D eigenvalue weighted by Gasteiger charge is 2.34. The Bertz CT molecular complexity index is 1050. The van der Waals surface area contributed by atoms with Crippen LogP contribution in [0.15, 0.2) is 36.5 Å². The number of hydrogen-bond acceptors (Lipinski definition) is 5. The summed E-state index contributed by atoms with van der Waals surface area (Å²) in [6.45, 7) is 7.43. The van der Waals surface area contributed by atoms with Gasteiger partial charge in [0.25, 0.3) is 5.91 Å². The van der Waals surface area contributed by atoms with Crippen molar-refractivity contribution in [2.75, 3.05) is 39.3 Å². The van der Waals surface area contributed by atoms with Crippen LogP contribution in [-0.2, 0) is 0 Å². The quantitative estimate of drug-likeness (QED) is 0.600. The second-order valence-electron chi connectivity index (χ2n) is 11.3. The molecule has 1 atom stereocenters. The van der Waals surface area contributed by atoms with E-state index in [1.807, 2.05) is 12.1 Å². The van der Waals surface area contributed by atoms with Crippen LogP contribution in [0.2, 0.25) is 0 Å². The van der Waals surface area contributed by atoms with Crippen LogP contribution in [0, 0.1) is 17.2 Å². The molecule has 2 saturated heterocycles. The minimum Gasteiger partial charge on any atom is -0.477 e. The van der Waals surface area contributed by atoms with E-state index in [2.05, 4.69) is 16.8 Å². The molecule has 1 saturated carbocycles. The van der Waals surface area contributed by atoms with E-state index in [1.54, 1.807) is 12.3 Å². The molecule has 0 bridgehead atoms. The number of nitrogens with zero attached hydrogens (tertiary/aromatic N) is 3. The highest BCUT2D eigenvalue weighted by atomic mass is 19.1. The van der Waals surface area contributed by atoms with E-state index in [1.165, 1.54) is 42.8 Å². The van der Waals surface area contributed by atoms with E-state index in [0.29, 0.717) is 42.3 Å². The molecule has 1 N–H and O–H groups in total. The molecule has 2 aromatic rings. The van der Waals surface area contributed by atoms with Gasteiger partial charge in [0, 0.05) is 37.5 Å².